The predicted octanol–water partition coefficient (Wildman–Crippen LogP) is 2.87. The number of guanidine groups is 1. The highest BCUT2D eigenvalue weighted by Gasteiger charge is 2.01. The monoisotopic (exact) mass is 334 g/mol. The lowest BCUT2D eigenvalue weighted by Crippen LogP contribution is -2.37. The zero-order valence-corrected chi connectivity index (χ0v) is 15.8. The third-order valence-corrected chi connectivity index (χ3v) is 3.71. The second kappa shape index (κ2) is 12.6. The van der Waals surface area contributed by atoms with Crippen LogP contribution in [0, 0.1) is 0 Å². The van der Waals surface area contributed by atoms with E-state index in [2.05, 4.69) is 39.6 Å². The Morgan fingerprint density at radius 3 is 2.71 bits per heavy atom. The minimum atomic E-state index is 0.699. The summed E-state index contributed by atoms with van der Waals surface area (Å²) in [5.74, 6) is 1.77. The van der Waals surface area contributed by atoms with Gasteiger partial charge < -0.3 is 20.3 Å². The molecule has 0 unspecified atom stereocenters. The number of likely N-dealkylation sites (N-methyl/N-ethyl adjacent to an activating group) is 1. The van der Waals surface area contributed by atoms with E-state index < -0.39 is 0 Å². The Bertz CT molecular complexity index is 474. The van der Waals surface area contributed by atoms with Crippen LogP contribution in [0.15, 0.2) is 29.3 Å². The first-order valence-corrected chi connectivity index (χ1v) is 8.96. The normalized spacial score (nSPS) is 11.6. The van der Waals surface area contributed by atoms with Crippen molar-refractivity contribution in [2.75, 3.05) is 40.8 Å². The van der Waals surface area contributed by atoms with Crippen LogP contribution in [0.2, 0.25) is 0 Å². The Balaban J connectivity index is 2.34. The summed E-state index contributed by atoms with van der Waals surface area (Å²) in [5, 5.41) is 6.72. The Hall–Kier alpha value is -1.75. The Morgan fingerprint density at radius 1 is 1.17 bits per heavy atom. The molecule has 136 valence electrons. The molecule has 1 rings (SSSR count). The lowest BCUT2D eigenvalue weighted by Gasteiger charge is -2.13. The van der Waals surface area contributed by atoms with E-state index in [0.29, 0.717) is 6.61 Å². The topological polar surface area (TPSA) is 48.9 Å². The van der Waals surface area contributed by atoms with Crippen molar-refractivity contribution in [3.05, 3.63) is 29.8 Å². The van der Waals surface area contributed by atoms with Crippen LogP contribution in [-0.2, 0) is 6.54 Å². The maximum atomic E-state index is 5.78. The molecule has 0 radical (unpaired) electrons. The molecule has 0 heterocycles. The molecule has 5 nitrogen and oxygen atoms in total. The number of hydrogen-bond donors (Lipinski definition) is 2. The molecule has 0 aliphatic carbocycles. The molecule has 1 aromatic carbocycles. The van der Waals surface area contributed by atoms with Crippen LogP contribution >= 0.6 is 0 Å². The molecule has 0 aromatic heterocycles. The quantitative estimate of drug-likeness (QED) is 0.371. The van der Waals surface area contributed by atoms with Crippen LogP contribution in [0.5, 0.6) is 5.75 Å². The zero-order chi connectivity index (χ0) is 17.6. The molecule has 0 saturated heterocycles. The number of unbranched alkanes of at least 4 members (excludes halogenated alkanes) is 3. The SMILES string of the molecule is CCCCCCNC(=NC)NCc1cccc(OCCN(C)C)c1. The highest BCUT2D eigenvalue weighted by Crippen LogP contribution is 2.13. The molecule has 0 atom stereocenters. The van der Waals surface area contributed by atoms with E-state index in [9.17, 15) is 0 Å². The summed E-state index contributed by atoms with van der Waals surface area (Å²) in [6, 6.07) is 8.21. The van der Waals surface area contributed by atoms with E-state index in [1.165, 1.54) is 31.2 Å². The van der Waals surface area contributed by atoms with Gasteiger partial charge in [0.2, 0.25) is 0 Å². The molecule has 0 fully saturated rings. The highest BCUT2D eigenvalue weighted by atomic mass is 16.5. The number of benzene rings is 1. The Labute approximate surface area is 147 Å². The summed E-state index contributed by atoms with van der Waals surface area (Å²) in [7, 11) is 5.90. The van der Waals surface area contributed by atoms with E-state index >= 15 is 0 Å². The van der Waals surface area contributed by atoms with Gasteiger partial charge in [-0.05, 0) is 38.2 Å². The summed E-state index contributed by atoms with van der Waals surface area (Å²) in [5.41, 5.74) is 1.19. The highest BCUT2D eigenvalue weighted by molar-refractivity contribution is 5.79. The molecular formula is C19H34N4O. The van der Waals surface area contributed by atoms with Gasteiger partial charge in [-0.25, -0.2) is 0 Å². The van der Waals surface area contributed by atoms with E-state index in [1.807, 2.05) is 33.3 Å². The first kappa shape index (κ1) is 20.3. The van der Waals surface area contributed by atoms with Crippen molar-refractivity contribution in [1.29, 1.82) is 0 Å². The summed E-state index contributed by atoms with van der Waals surface area (Å²) in [4.78, 5) is 6.38. The minimum Gasteiger partial charge on any atom is -0.492 e. The van der Waals surface area contributed by atoms with E-state index in [-0.39, 0.29) is 0 Å². The van der Waals surface area contributed by atoms with Crippen molar-refractivity contribution in [2.24, 2.45) is 4.99 Å². The summed E-state index contributed by atoms with van der Waals surface area (Å²) in [6.45, 7) is 5.54. The van der Waals surface area contributed by atoms with Crippen LogP contribution in [0.1, 0.15) is 38.2 Å². The molecule has 0 spiro atoms. The van der Waals surface area contributed by atoms with Crippen molar-refractivity contribution in [3.8, 4) is 5.75 Å². The summed E-state index contributed by atoms with van der Waals surface area (Å²) in [6.07, 6.45) is 5.02. The molecule has 5 heteroatoms. The van der Waals surface area contributed by atoms with Crippen LogP contribution < -0.4 is 15.4 Å². The zero-order valence-electron chi connectivity index (χ0n) is 15.8. The number of aliphatic imine (C=N–C) groups is 1. The molecule has 24 heavy (non-hydrogen) atoms. The maximum absolute atomic E-state index is 5.78. The standard InChI is InChI=1S/C19H34N4O/c1-5-6-7-8-12-21-19(20-2)22-16-17-10-9-11-18(15-17)24-14-13-23(3)4/h9-11,15H,5-8,12-14,16H2,1-4H3,(H2,20,21,22). The van der Waals surface area contributed by atoms with Gasteiger partial charge in [0.1, 0.15) is 12.4 Å². The number of hydrogen-bond acceptors (Lipinski definition) is 3. The lowest BCUT2D eigenvalue weighted by molar-refractivity contribution is 0.261. The third kappa shape index (κ3) is 9.40. The first-order valence-electron chi connectivity index (χ1n) is 8.96. The largest absolute Gasteiger partial charge is 0.492 e. The van der Waals surface area contributed by atoms with Crippen molar-refractivity contribution < 1.29 is 4.74 Å². The Morgan fingerprint density at radius 2 is 2.00 bits per heavy atom. The molecule has 0 bridgehead atoms. The van der Waals surface area contributed by atoms with E-state index in [1.54, 1.807) is 0 Å². The number of nitrogens with zero attached hydrogens (tertiary/aromatic N) is 2. The van der Waals surface area contributed by atoms with Gasteiger partial charge in [-0.3, -0.25) is 4.99 Å². The molecule has 1 aromatic rings. The van der Waals surface area contributed by atoms with Gasteiger partial charge in [0.25, 0.3) is 0 Å². The van der Waals surface area contributed by atoms with Gasteiger partial charge in [-0.15, -0.1) is 0 Å². The fourth-order valence-electron chi connectivity index (χ4n) is 2.26. The van der Waals surface area contributed by atoms with E-state index in [0.717, 1.165) is 31.3 Å². The summed E-state index contributed by atoms with van der Waals surface area (Å²) < 4.78 is 5.78. The van der Waals surface area contributed by atoms with Crippen molar-refractivity contribution >= 4 is 5.96 Å². The van der Waals surface area contributed by atoms with Gasteiger partial charge in [-0.1, -0.05) is 38.3 Å². The van der Waals surface area contributed by atoms with Crippen LogP contribution in [0.3, 0.4) is 0 Å². The molecule has 0 saturated carbocycles. The first-order chi connectivity index (χ1) is 11.7. The number of ether oxygens (including phenoxy) is 1. The molecule has 2 N–H and O–H groups in total. The Kier molecular flexibility index (Phi) is 10.7. The van der Waals surface area contributed by atoms with Crippen molar-refractivity contribution in [3.63, 3.8) is 0 Å². The average Bonchev–Trinajstić information content (AvgIpc) is 2.57. The van der Waals surface area contributed by atoms with E-state index in [4.69, 9.17) is 4.74 Å². The minimum absolute atomic E-state index is 0.699. The molecule has 0 amide bonds. The number of nitrogens with one attached hydrogen (secondary N) is 2. The second-order valence-electron chi connectivity index (χ2n) is 6.21. The predicted molar refractivity (Wildman–Crippen MR) is 103 cm³/mol. The van der Waals surface area contributed by atoms with Crippen molar-refractivity contribution in [1.82, 2.24) is 15.5 Å². The van der Waals surface area contributed by atoms with Crippen molar-refractivity contribution in [2.45, 2.75) is 39.2 Å². The van der Waals surface area contributed by atoms with Gasteiger partial charge in [-0.2, -0.15) is 0 Å². The number of rotatable bonds is 11. The van der Waals surface area contributed by atoms with Crippen LogP contribution in [0.25, 0.3) is 0 Å². The smallest absolute Gasteiger partial charge is 0.191 e. The maximum Gasteiger partial charge on any atom is 0.191 e. The van der Waals surface area contributed by atoms with Crippen LogP contribution in [0.4, 0.5) is 0 Å². The fourth-order valence-corrected chi connectivity index (χ4v) is 2.26. The van der Waals surface area contributed by atoms with Gasteiger partial charge in [0, 0.05) is 26.7 Å². The molecule has 0 aliphatic heterocycles. The summed E-state index contributed by atoms with van der Waals surface area (Å²) >= 11 is 0. The van der Waals surface area contributed by atoms with Gasteiger partial charge >= 0.3 is 0 Å². The molecule has 0 aliphatic rings. The second-order valence-corrected chi connectivity index (χ2v) is 6.21. The van der Waals surface area contributed by atoms with Crippen LogP contribution in [-0.4, -0.2) is 51.7 Å². The van der Waals surface area contributed by atoms with Gasteiger partial charge in [0.05, 0.1) is 0 Å². The average molecular weight is 335 g/mol. The third-order valence-electron chi connectivity index (χ3n) is 3.71. The molecular weight excluding hydrogens is 300 g/mol. The lowest BCUT2D eigenvalue weighted by atomic mass is 10.2. The van der Waals surface area contributed by atoms with Gasteiger partial charge in [0.15, 0.2) is 5.96 Å². The fraction of sp³-hybridized carbons (Fsp3) is 0.632.